The molecule has 2 aromatic rings. The molecule has 3 rings (SSSR count). The number of amides is 2. The van der Waals surface area contributed by atoms with Crippen LogP contribution in [0.15, 0.2) is 30.5 Å². The summed E-state index contributed by atoms with van der Waals surface area (Å²) in [7, 11) is 3.48. The molecule has 26 heavy (non-hydrogen) atoms. The highest BCUT2D eigenvalue weighted by Gasteiger charge is 2.40. The van der Waals surface area contributed by atoms with E-state index >= 15 is 0 Å². The Morgan fingerprint density at radius 3 is 2.73 bits per heavy atom. The monoisotopic (exact) mass is 356 g/mol. The average Bonchev–Trinajstić information content (AvgIpc) is 3.19. The lowest BCUT2D eigenvalue weighted by molar-refractivity contribution is -0.121. The fourth-order valence-corrected chi connectivity index (χ4v) is 3.60. The highest BCUT2D eigenvalue weighted by atomic mass is 16.5. The molecule has 2 heterocycles. The van der Waals surface area contributed by atoms with Crippen LogP contribution in [0, 0.1) is 12.8 Å². The number of nitrogens with zero attached hydrogens (tertiary/aromatic N) is 3. The van der Waals surface area contributed by atoms with Crippen LogP contribution in [-0.4, -0.2) is 46.7 Å². The van der Waals surface area contributed by atoms with Crippen molar-refractivity contribution in [3.63, 3.8) is 0 Å². The van der Waals surface area contributed by atoms with Crippen molar-refractivity contribution in [1.82, 2.24) is 14.7 Å². The van der Waals surface area contributed by atoms with Crippen LogP contribution < -0.4 is 5.73 Å². The van der Waals surface area contributed by atoms with Crippen LogP contribution in [0.2, 0.25) is 0 Å². The number of hydrogen-bond acceptors (Lipinski definition) is 4. The van der Waals surface area contributed by atoms with Crippen molar-refractivity contribution in [2.75, 3.05) is 20.2 Å². The van der Waals surface area contributed by atoms with E-state index in [2.05, 4.69) is 5.10 Å². The summed E-state index contributed by atoms with van der Waals surface area (Å²) in [6.07, 6.45) is 1.77. The molecule has 1 aromatic heterocycles. The van der Waals surface area contributed by atoms with Gasteiger partial charge in [0.25, 0.3) is 5.91 Å². The van der Waals surface area contributed by atoms with Gasteiger partial charge in [-0.1, -0.05) is 12.1 Å². The summed E-state index contributed by atoms with van der Waals surface area (Å²) in [6, 6.07) is 7.36. The Balaban J connectivity index is 1.85. The van der Waals surface area contributed by atoms with E-state index in [4.69, 9.17) is 10.5 Å². The molecule has 1 aromatic carbocycles. The second kappa shape index (κ2) is 7.29. The summed E-state index contributed by atoms with van der Waals surface area (Å²) >= 11 is 0. The molecule has 2 N–H and O–H groups in total. The predicted octanol–water partition coefficient (Wildman–Crippen LogP) is 1.22. The van der Waals surface area contributed by atoms with E-state index in [0.717, 1.165) is 16.8 Å². The van der Waals surface area contributed by atoms with E-state index in [9.17, 15) is 9.59 Å². The number of likely N-dealkylation sites (tertiary alicyclic amines) is 1. The molecule has 1 aliphatic rings. The Bertz CT molecular complexity index is 830. The minimum atomic E-state index is -0.413. The first-order chi connectivity index (χ1) is 12.4. The summed E-state index contributed by atoms with van der Waals surface area (Å²) < 4.78 is 6.90. The van der Waals surface area contributed by atoms with Gasteiger partial charge in [-0.3, -0.25) is 14.3 Å². The molecule has 1 aliphatic heterocycles. The van der Waals surface area contributed by atoms with E-state index in [-0.39, 0.29) is 17.7 Å². The fourth-order valence-electron chi connectivity index (χ4n) is 3.60. The van der Waals surface area contributed by atoms with E-state index < -0.39 is 5.92 Å². The van der Waals surface area contributed by atoms with Crippen molar-refractivity contribution in [3.05, 3.63) is 52.8 Å². The average molecular weight is 356 g/mol. The van der Waals surface area contributed by atoms with Crippen LogP contribution in [0.1, 0.15) is 33.1 Å². The quantitative estimate of drug-likeness (QED) is 0.872. The smallest absolute Gasteiger partial charge is 0.253 e. The number of carbonyl (C=O) groups is 2. The summed E-state index contributed by atoms with van der Waals surface area (Å²) in [5.41, 5.74) is 9.11. The number of aromatic nitrogens is 2. The molecule has 0 unspecified atom stereocenters. The zero-order chi connectivity index (χ0) is 18.8. The first-order valence-electron chi connectivity index (χ1n) is 8.57. The lowest BCUT2D eigenvalue weighted by atomic mass is 9.89. The molecule has 0 spiro atoms. The minimum Gasteiger partial charge on any atom is -0.380 e. The summed E-state index contributed by atoms with van der Waals surface area (Å²) in [5.74, 6) is -1.03. The minimum absolute atomic E-state index is 0.0988. The molecule has 7 heteroatoms. The second-order valence-corrected chi connectivity index (χ2v) is 6.77. The Morgan fingerprint density at radius 1 is 1.35 bits per heavy atom. The Morgan fingerprint density at radius 2 is 2.12 bits per heavy atom. The number of hydrogen-bond donors (Lipinski definition) is 1. The van der Waals surface area contributed by atoms with Gasteiger partial charge in [-0.05, 0) is 30.2 Å². The lowest BCUT2D eigenvalue weighted by Crippen LogP contribution is -2.32. The van der Waals surface area contributed by atoms with Gasteiger partial charge in [-0.2, -0.15) is 5.10 Å². The molecule has 0 radical (unpaired) electrons. The van der Waals surface area contributed by atoms with E-state index in [0.29, 0.717) is 25.3 Å². The number of methoxy groups -OCH3 is 1. The van der Waals surface area contributed by atoms with Crippen LogP contribution in [0.3, 0.4) is 0 Å². The molecule has 0 bridgehead atoms. The second-order valence-electron chi connectivity index (χ2n) is 6.77. The van der Waals surface area contributed by atoms with Gasteiger partial charge in [0.1, 0.15) is 0 Å². The Kier molecular flexibility index (Phi) is 5.08. The molecule has 7 nitrogen and oxygen atoms in total. The zero-order valence-corrected chi connectivity index (χ0v) is 15.3. The number of primary amides is 1. The van der Waals surface area contributed by atoms with Crippen molar-refractivity contribution in [2.24, 2.45) is 18.7 Å². The van der Waals surface area contributed by atoms with Gasteiger partial charge in [0.15, 0.2) is 0 Å². The van der Waals surface area contributed by atoms with Gasteiger partial charge in [0.05, 0.1) is 18.7 Å². The SMILES string of the molecule is COCc1cccc(C(=O)N2C[C@H](C(N)=O)[C@@H](c3cnn(C)c3C)C2)c1. The van der Waals surface area contributed by atoms with Gasteiger partial charge in [-0.25, -0.2) is 0 Å². The number of nitrogens with two attached hydrogens (primary N) is 1. The first kappa shape index (κ1) is 18.1. The molecule has 0 saturated carbocycles. The van der Waals surface area contributed by atoms with E-state index in [1.54, 1.807) is 29.0 Å². The zero-order valence-electron chi connectivity index (χ0n) is 15.3. The molecule has 2 atom stereocenters. The van der Waals surface area contributed by atoms with Crippen molar-refractivity contribution in [2.45, 2.75) is 19.4 Å². The molecule has 2 amide bonds. The normalized spacial score (nSPS) is 19.7. The maximum Gasteiger partial charge on any atom is 0.253 e. The first-order valence-corrected chi connectivity index (χ1v) is 8.57. The summed E-state index contributed by atoms with van der Waals surface area (Å²) in [6.45, 7) is 3.18. The van der Waals surface area contributed by atoms with Crippen molar-refractivity contribution in [3.8, 4) is 0 Å². The summed E-state index contributed by atoms with van der Waals surface area (Å²) in [4.78, 5) is 26.6. The van der Waals surface area contributed by atoms with Gasteiger partial charge >= 0.3 is 0 Å². The van der Waals surface area contributed by atoms with Crippen LogP contribution in [-0.2, 0) is 23.2 Å². The number of benzene rings is 1. The third-order valence-corrected chi connectivity index (χ3v) is 5.13. The Labute approximate surface area is 152 Å². The van der Waals surface area contributed by atoms with Crippen molar-refractivity contribution >= 4 is 11.8 Å². The number of rotatable bonds is 5. The largest absolute Gasteiger partial charge is 0.380 e. The maximum absolute atomic E-state index is 13.0. The van der Waals surface area contributed by atoms with Gasteiger partial charge in [0.2, 0.25) is 5.91 Å². The van der Waals surface area contributed by atoms with Crippen molar-refractivity contribution in [1.29, 1.82) is 0 Å². The highest BCUT2D eigenvalue weighted by Crippen LogP contribution is 2.34. The fraction of sp³-hybridized carbons (Fsp3) is 0.421. The van der Waals surface area contributed by atoms with Crippen molar-refractivity contribution < 1.29 is 14.3 Å². The molecule has 138 valence electrons. The lowest BCUT2D eigenvalue weighted by Gasteiger charge is -2.17. The van der Waals surface area contributed by atoms with E-state index in [1.807, 2.05) is 32.2 Å². The maximum atomic E-state index is 13.0. The third kappa shape index (κ3) is 3.35. The third-order valence-electron chi connectivity index (χ3n) is 5.13. The van der Waals surface area contributed by atoms with Crippen LogP contribution in [0.25, 0.3) is 0 Å². The molecule has 1 fully saturated rings. The molecular formula is C19H24N4O3. The number of aryl methyl sites for hydroxylation is 1. The molecule has 0 aliphatic carbocycles. The highest BCUT2D eigenvalue weighted by molar-refractivity contribution is 5.95. The summed E-state index contributed by atoms with van der Waals surface area (Å²) in [5, 5.41) is 4.26. The standard InChI is InChI=1S/C19H24N4O3/c1-12-15(8-21-22(12)2)16-9-23(10-17(16)18(20)24)19(25)14-6-4-5-13(7-14)11-26-3/h4-8,16-17H,9-11H2,1-3H3,(H2,20,24)/t16-,17+/m1/s1. The van der Waals surface area contributed by atoms with Crippen LogP contribution in [0.4, 0.5) is 0 Å². The molecular weight excluding hydrogens is 332 g/mol. The van der Waals surface area contributed by atoms with Gasteiger partial charge in [-0.15, -0.1) is 0 Å². The Hall–Kier alpha value is -2.67. The van der Waals surface area contributed by atoms with Crippen LogP contribution >= 0.6 is 0 Å². The van der Waals surface area contributed by atoms with E-state index in [1.165, 1.54) is 0 Å². The van der Waals surface area contributed by atoms with Gasteiger partial charge in [0, 0.05) is 44.4 Å². The van der Waals surface area contributed by atoms with Crippen LogP contribution in [0.5, 0.6) is 0 Å². The topological polar surface area (TPSA) is 90.4 Å². The number of ether oxygens (including phenoxy) is 1. The number of carbonyl (C=O) groups excluding carboxylic acids is 2. The van der Waals surface area contributed by atoms with Gasteiger partial charge < -0.3 is 15.4 Å². The molecule has 1 saturated heterocycles. The predicted molar refractivity (Wildman–Crippen MR) is 96.4 cm³/mol.